The van der Waals surface area contributed by atoms with Crippen molar-refractivity contribution in [1.29, 1.82) is 0 Å². The van der Waals surface area contributed by atoms with Crippen molar-refractivity contribution in [3.63, 3.8) is 0 Å². The average Bonchev–Trinajstić information content (AvgIpc) is 2.55. The second-order valence-corrected chi connectivity index (χ2v) is 5.54. The number of rotatable bonds is 3. The van der Waals surface area contributed by atoms with Crippen LogP contribution >= 0.6 is 0 Å². The van der Waals surface area contributed by atoms with Gasteiger partial charge in [-0.05, 0) is 44.9 Å². The van der Waals surface area contributed by atoms with E-state index in [1.165, 1.54) is 0 Å². The fourth-order valence-electron chi connectivity index (χ4n) is 2.97. The van der Waals surface area contributed by atoms with Crippen LogP contribution in [0.3, 0.4) is 0 Å². The third-order valence-corrected chi connectivity index (χ3v) is 4.21. The van der Waals surface area contributed by atoms with Crippen molar-refractivity contribution in [2.24, 2.45) is 0 Å². The molecule has 1 aromatic heterocycles. The summed E-state index contributed by atoms with van der Waals surface area (Å²) < 4.78 is 0. The van der Waals surface area contributed by atoms with Gasteiger partial charge in [0, 0.05) is 24.5 Å². The van der Waals surface area contributed by atoms with Gasteiger partial charge in [-0.15, -0.1) is 0 Å². The molecule has 2 aromatic rings. The summed E-state index contributed by atoms with van der Waals surface area (Å²) >= 11 is 0. The van der Waals surface area contributed by atoms with Crippen LogP contribution in [0.25, 0.3) is 11.0 Å². The molecule has 0 radical (unpaired) electrons. The van der Waals surface area contributed by atoms with Crippen molar-refractivity contribution in [1.82, 2.24) is 20.6 Å². The molecule has 1 aliphatic rings. The van der Waals surface area contributed by atoms with E-state index in [2.05, 4.69) is 20.6 Å². The summed E-state index contributed by atoms with van der Waals surface area (Å²) in [6, 6.07) is 6.38. The maximum atomic E-state index is 12.5. The Hall–Kier alpha value is -2.01. The van der Waals surface area contributed by atoms with Crippen molar-refractivity contribution >= 4 is 16.9 Å². The van der Waals surface area contributed by atoms with Crippen LogP contribution in [-0.2, 0) is 0 Å². The van der Waals surface area contributed by atoms with Gasteiger partial charge in [0.2, 0.25) is 0 Å². The molecule has 1 amide bonds. The Kier molecular flexibility index (Phi) is 4.10. The smallest absolute Gasteiger partial charge is 0.253 e. The molecule has 1 fully saturated rings. The quantitative estimate of drug-likeness (QED) is 0.903. The first kappa shape index (κ1) is 13.9. The Bertz CT molecular complexity index is 630. The summed E-state index contributed by atoms with van der Waals surface area (Å²) in [5.41, 5.74) is 2.03. The van der Waals surface area contributed by atoms with Gasteiger partial charge in [-0.2, -0.15) is 0 Å². The number of carbonyl (C=O) groups excluding carboxylic acids is 1. The van der Waals surface area contributed by atoms with E-state index >= 15 is 0 Å². The molecule has 0 bridgehead atoms. The van der Waals surface area contributed by atoms with Crippen molar-refractivity contribution in [3.8, 4) is 0 Å². The molecular formula is C16H20N4O. The summed E-state index contributed by atoms with van der Waals surface area (Å²) in [6.45, 7) is 0. The molecule has 0 spiro atoms. The topological polar surface area (TPSA) is 66.9 Å². The Morgan fingerprint density at radius 2 is 1.81 bits per heavy atom. The van der Waals surface area contributed by atoms with Crippen LogP contribution in [0.15, 0.2) is 30.6 Å². The number of fused-ring (bicyclic) bond motifs is 1. The normalized spacial score (nSPS) is 22.1. The van der Waals surface area contributed by atoms with Crippen molar-refractivity contribution in [3.05, 3.63) is 36.2 Å². The first-order valence-corrected chi connectivity index (χ1v) is 7.46. The van der Waals surface area contributed by atoms with Crippen LogP contribution in [0.5, 0.6) is 0 Å². The summed E-state index contributed by atoms with van der Waals surface area (Å²) in [5, 5.41) is 6.44. The SMILES string of the molecule is CNC1CCC(NC(=O)c2cccc3nccnc23)CC1. The number of nitrogens with one attached hydrogen (secondary N) is 2. The molecule has 2 N–H and O–H groups in total. The lowest BCUT2D eigenvalue weighted by atomic mass is 9.91. The second kappa shape index (κ2) is 6.18. The lowest BCUT2D eigenvalue weighted by Gasteiger charge is -2.28. The Morgan fingerprint density at radius 1 is 1.10 bits per heavy atom. The van der Waals surface area contributed by atoms with E-state index in [4.69, 9.17) is 0 Å². The minimum absolute atomic E-state index is 0.0472. The first-order valence-electron chi connectivity index (χ1n) is 7.46. The Labute approximate surface area is 124 Å². The molecule has 0 saturated heterocycles. The fourth-order valence-corrected chi connectivity index (χ4v) is 2.97. The van der Waals surface area contributed by atoms with E-state index in [9.17, 15) is 4.79 Å². The summed E-state index contributed by atoms with van der Waals surface area (Å²) in [6.07, 6.45) is 7.52. The zero-order valence-electron chi connectivity index (χ0n) is 12.2. The van der Waals surface area contributed by atoms with Gasteiger partial charge in [0.15, 0.2) is 0 Å². The molecule has 5 nitrogen and oxygen atoms in total. The van der Waals surface area contributed by atoms with Crippen LogP contribution in [-0.4, -0.2) is 35.0 Å². The zero-order valence-corrected chi connectivity index (χ0v) is 12.2. The third kappa shape index (κ3) is 3.03. The lowest BCUT2D eigenvalue weighted by molar-refractivity contribution is 0.0926. The van der Waals surface area contributed by atoms with Crippen LogP contribution in [0.2, 0.25) is 0 Å². The molecule has 1 aliphatic carbocycles. The minimum Gasteiger partial charge on any atom is -0.349 e. The van der Waals surface area contributed by atoms with Gasteiger partial charge in [0.05, 0.1) is 11.1 Å². The van der Waals surface area contributed by atoms with Crippen LogP contribution in [0.1, 0.15) is 36.0 Å². The highest BCUT2D eigenvalue weighted by Crippen LogP contribution is 2.20. The van der Waals surface area contributed by atoms with E-state index in [0.29, 0.717) is 17.1 Å². The Morgan fingerprint density at radius 3 is 2.57 bits per heavy atom. The van der Waals surface area contributed by atoms with Crippen molar-refractivity contribution < 1.29 is 4.79 Å². The minimum atomic E-state index is -0.0472. The maximum Gasteiger partial charge on any atom is 0.253 e. The molecule has 0 aliphatic heterocycles. The van der Waals surface area contributed by atoms with Gasteiger partial charge in [-0.25, -0.2) is 0 Å². The van der Waals surface area contributed by atoms with Crippen LogP contribution in [0, 0.1) is 0 Å². The highest BCUT2D eigenvalue weighted by atomic mass is 16.1. The molecule has 0 unspecified atom stereocenters. The standard InChI is InChI=1S/C16H20N4O/c1-17-11-5-7-12(8-6-11)20-16(21)13-3-2-4-14-15(13)19-10-9-18-14/h2-4,9-12,17H,5-8H2,1H3,(H,20,21). The number of para-hydroxylation sites is 1. The zero-order chi connectivity index (χ0) is 14.7. The largest absolute Gasteiger partial charge is 0.349 e. The molecular weight excluding hydrogens is 264 g/mol. The predicted octanol–water partition coefficient (Wildman–Crippen LogP) is 1.89. The molecule has 21 heavy (non-hydrogen) atoms. The monoisotopic (exact) mass is 284 g/mol. The predicted molar refractivity (Wildman–Crippen MR) is 82.1 cm³/mol. The average molecular weight is 284 g/mol. The number of nitrogens with zero attached hydrogens (tertiary/aromatic N) is 2. The lowest BCUT2D eigenvalue weighted by Crippen LogP contribution is -2.41. The van der Waals surface area contributed by atoms with E-state index in [-0.39, 0.29) is 11.9 Å². The number of hydrogen-bond acceptors (Lipinski definition) is 4. The van der Waals surface area contributed by atoms with Gasteiger partial charge in [0.25, 0.3) is 5.91 Å². The van der Waals surface area contributed by atoms with Crippen LogP contribution in [0.4, 0.5) is 0 Å². The molecule has 3 rings (SSSR count). The molecule has 0 atom stereocenters. The highest BCUT2D eigenvalue weighted by molar-refractivity contribution is 6.04. The van der Waals surface area contributed by atoms with Gasteiger partial charge in [-0.1, -0.05) is 6.07 Å². The molecule has 1 aromatic carbocycles. The highest BCUT2D eigenvalue weighted by Gasteiger charge is 2.22. The maximum absolute atomic E-state index is 12.5. The summed E-state index contributed by atoms with van der Waals surface area (Å²) in [5.74, 6) is -0.0472. The summed E-state index contributed by atoms with van der Waals surface area (Å²) in [7, 11) is 2.00. The first-order chi connectivity index (χ1) is 10.3. The van der Waals surface area contributed by atoms with Gasteiger partial charge in [-0.3, -0.25) is 14.8 Å². The Balaban J connectivity index is 1.73. The van der Waals surface area contributed by atoms with Gasteiger partial charge < -0.3 is 10.6 Å². The van der Waals surface area contributed by atoms with Gasteiger partial charge >= 0.3 is 0 Å². The number of carbonyl (C=O) groups is 1. The molecule has 5 heteroatoms. The summed E-state index contributed by atoms with van der Waals surface area (Å²) in [4.78, 5) is 21.0. The number of hydrogen-bond donors (Lipinski definition) is 2. The molecule has 110 valence electrons. The van der Waals surface area contributed by atoms with E-state index < -0.39 is 0 Å². The number of amides is 1. The number of aromatic nitrogens is 2. The molecule has 1 heterocycles. The molecule has 1 saturated carbocycles. The van der Waals surface area contributed by atoms with E-state index in [0.717, 1.165) is 31.2 Å². The number of benzene rings is 1. The second-order valence-electron chi connectivity index (χ2n) is 5.54. The van der Waals surface area contributed by atoms with Crippen molar-refractivity contribution in [2.75, 3.05) is 7.05 Å². The van der Waals surface area contributed by atoms with Gasteiger partial charge in [0.1, 0.15) is 5.52 Å². The third-order valence-electron chi connectivity index (χ3n) is 4.21. The fraction of sp³-hybridized carbons (Fsp3) is 0.438. The van der Waals surface area contributed by atoms with E-state index in [1.54, 1.807) is 12.4 Å². The van der Waals surface area contributed by atoms with E-state index in [1.807, 2.05) is 25.2 Å². The van der Waals surface area contributed by atoms with Crippen molar-refractivity contribution in [2.45, 2.75) is 37.8 Å². The van der Waals surface area contributed by atoms with Crippen LogP contribution < -0.4 is 10.6 Å².